The van der Waals surface area contributed by atoms with Crippen molar-refractivity contribution in [2.45, 2.75) is 26.7 Å². The van der Waals surface area contributed by atoms with Gasteiger partial charge in [-0.25, -0.2) is 4.79 Å². The number of esters is 1. The minimum Gasteiger partial charge on any atom is -0.508 e. The van der Waals surface area contributed by atoms with Crippen molar-refractivity contribution in [3.63, 3.8) is 0 Å². The minimum atomic E-state index is -0.448. The average molecular weight is 277 g/mol. The molecule has 0 bridgehead atoms. The van der Waals surface area contributed by atoms with Crippen LogP contribution in [-0.4, -0.2) is 30.8 Å². The van der Waals surface area contributed by atoms with Crippen LogP contribution >= 0.6 is 0 Å². The lowest BCUT2D eigenvalue weighted by Crippen LogP contribution is -2.21. The lowest BCUT2D eigenvalue weighted by atomic mass is 10.0. The number of rotatable bonds is 7. The Balaban J connectivity index is 2.81. The minimum absolute atomic E-state index is 0.0651. The van der Waals surface area contributed by atoms with Crippen molar-refractivity contribution < 1.29 is 14.6 Å². The van der Waals surface area contributed by atoms with Crippen molar-refractivity contribution in [2.75, 3.05) is 24.6 Å². The molecule has 1 aromatic carbocycles. The van der Waals surface area contributed by atoms with Gasteiger partial charge in [0.25, 0.3) is 0 Å². The topological polar surface area (TPSA) is 49.8 Å². The number of carbonyl (C=O) groups is 1. The van der Waals surface area contributed by atoms with Gasteiger partial charge in [0.05, 0.1) is 6.61 Å². The molecule has 0 aliphatic heterocycles. The van der Waals surface area contributed by atoms with Crippen LogP contribution in [0.4, 0.5) is 5.69 Å². The molecule has 20 heavy (non-hydrogen) atoms. The Bertz CT molecular complexity index is 467. The first-order valence-corrected chi connectivity index (χ1v) is 6.90. The lowest BCUT2D eigenvalue weighted by Gasteiger charge is -2.22. The second-order valence-electron chi connectivity index (χ2n) is 4.65. The van der Waals surface area contributed by atoms with Gasteiger partial charge in [-0.15, -0.1) is 0 Å². The van der Waals surface area contributed by atoms with Crippen LogP contribution in [-0.2, 0) is 9.53 Å². The molecule has 0 aromatic heterocycles. The predicted octanol–water partition coefficient (Wildman–Crippen LogP) is 3.07. The summed E-state index contributed by atoms with van der Waals surface area (Å²) in [6.45, 7) is 11.4. The van der Waals surface area contributed by atoms with E-state index in [1.165, 1.54) is 0 Å². The van der Waals surface area contributed by atoms with Gasteiger partial charge in [0.15, 0.2) is 0 Å². The molecule has 110 valence electrons. The Morgan fingerprint density at radius 2 is 2.10 bits per heavy atom. The summed E-state index contributed by atoms with van der Waals surface area (Å²) in [6, 6.07) is 5.62. The fraction of sp³-hybridized carbons (Fsp3) is 0.438. The average Bonchev–Trinajstić information content (AvgIpc) is 2.45. The summed E-state index contributed by atoms with van der Waals surface area (Å²) in [4.78, 5) is 13.2. The van der Waals surface area contributed by atoms with Crippen molar-refractivity contribution in [1.82, 2.24) is 0 Å². The highest BCUT2D eigenvalue weighted by molar-refractivity contribution is 5.81. The zero-order chi connectivity index (χ0) is 15.1. The van der Waals surface area contributed by atoms with Gasteiger partial charge >= 0.3 is 5.97 Å². The second kappa shape index (κ2) is 7.58. The van der Waals surface area contributed by atoms with E-state index in [2.05, 4.69) is 25.3 Å². The van der Waals surface area contributed by atoms with Gasteiger partial charge < -0.3 is 14.7 Å². The van der Waals surface area contributed by atoms with Gasteiger partial charge in [0.2, 0.25) is 0 Å². The van der Waals surface area contributed by atoms with E-state index in [1.807, 2.05) is 19.1 Å². The Hall–Kier alpha value is -1.97. The fourth-order valence-corrected chi connectivity index (χ4v) is 2.09. The number of hydrogen-bond donors (Lipinski definition) is 1. The summed E-state index contributed by atoms with van der Waals surface area (Å²) in [7, 11) is 0. The number of phenols is 1. The Labute approximate surface area is 120 Å². The zero-order valence-electron chi connectivity index (χ0n) is 12.4. The molecular formula is C16H23NO3. The molecule has 0 aliphatic rings. The number of benzene rings is 1. The zero-order valence-corrected chi connectivity index (χ0v) is 12.4. The monoisotopic (exact) mass is 277 g/mol. The Kier molecular flexibility index (Phi) is 6.10. The number of hydrogen-bond acceptors (Lipinski definition) is 4. The predicted molar refractivity (Wildman–Crippen MR) is 81.2 cm³/mol. The van der Waals surface area contributed by atoms with Crippen LogP contribution in [0.5, 0.6) is 5.75 Å². The van der Waals surface area contributed by atoms with E-state index in [9.17, 15) is 9.90 Å². The SMILES string of the molecule is C=CC(=O)OCC(C)c1ccc(N(CC)CC)cc1O. The molecule has 0 aliphatic carbocycles. The van der Waals surface area contributed by atoms with E-state index in [4.69, 9.17) is 4.74 Å². The molecular weight excluding hydrogens is 254 g/mol. The van der Waals surface area contributed by atoms with Crippen LogP contribution < -0.4 is 4.90 Å². The van der Waals surface area contributed by atoms with Crippen LogP contribution in [0.1, 0.15) is 32.3 Å². The number of anilines is 1. The largest absolute Gasteiger partial charge is 0.508 e. The number of nitrogens with zero attached hydrogens (tertiary/aromatic N) is 1. The third-order valence-electron chi connectivity index (χ3n) is 3.32. The van der Waals surface area contributed by atoms with Crippen molar-refractivity contribution in [2.24, 2.45) is 0 Å². The van der Waals surface area contributed by atoms with Crippen LogP contribution in [0, 0.1) is 0 Å². The molecule has 0 fully saturated rings. The summed E-state index contributed by atoms with van der Waals surface area (Å²) >= 11 is 0. The van der Waals surface area contributed by atoms with E-state index in [0.29, 0.717) is 0 Å². The van der Waals surface area contributed by atoms with Crippen LogP contribution in [0.3, 0.4) is 0 Å². The van der Waals surface area contributed by atoms with Gasteiger partial charge in [-0.2, -0.15) is 0 Å². The molecule has 1 unspecified atom stereocenters. The van der Waals surface area contributed by atoms with Crippen molar-refractivity contribution in [3.8, 4) is 5.75 Å². The van der Waals surface area contributed by atoms with Crippen LogP contribution in [0.25, 0.3) is 0 Å². The highest BCUT2D eigenvalue weighted by Crippen LogP contribution is 2.30. The normalized spacial score (nSPS) is 11.8. The number of phenolic OH excluding ortho intramolecular Hbond substituents is 1. The van der Waals surface area contributed by atoms with Crippen molar-refractivity contribution in [1.29, 1.82) is 0 Å². The third-order valence-corrected chi connectivity index (χ3v) is 3.32. The molecule has 0 heterocycles. The molecule has 0 spiro atoms. The van der Waals surface area contributed by atoms with Gasteiger partial charge in [-0.05, 0) is 19.9 Å². The van der Waals surface area contributed by atoms with Gasteiger partial charge in [-0.3, -0.25) is 0 Å². The maximum atomic E-state index is 11.0. The first-order valence-electron chi connectivity index (χ1n) is 6.90. The summed E-state index contributed by atoms with van der Waals surface area (Å²) in [5, 5.41) is 10.1. The summed E-state index contributed by atoms with van der Waals surface area (Å²) in [6.07, 6.45) is 1.13. The smallest absolute Gasteiger partial charge is 0.330 e. The third kappa shape index (κ3) is 4.02. The second-order valence-corrected chi connectivity index (χ2v) is 4.65. The molecule has 1 rings (SSSR count). The first kappa shape index (κ1) is 16.1. The molecule has 0 saturated heterocycles. The first-order chi connectivity index (χ1) is 9.53. The number of ether oxygens (including phenoxy) is 1. The molecule has 4 nitrogen and oxygen atoms in total. The summed E-state index contributed by atoms with van der Waals surface area (Å²) in [5.74, 6) is -0.280. The van der Waals surface area contributed by atoms with E-state index in [-0.39, 0.29) is 18.3 Å². The lowest BCUT2D eigenvalue weighted by molar-refractivity contribution is -0.138. The summed E-state index contributed by atoms with van der Waals surface area (Å²) < 4.78 is 5.00. The molecule has 0 amide bonds. The van der Waals surface area contributed by atoms with Gasteiger partial charge in [-0.1, -0.05) is 19.6 Å². The molecule has 4 heteroatoms. The molecule has 0 radical (unpaired) electrons. The highest BCUT2D eigenvalue weighted by atomic mass is 16.5. The molecule has 1 N–H and O–H groups in total. The van der Waals surface area contributed by atoms with E-state index < -0.39 is 5.97 Å². The van der Waals surface area contributed by atoms with Crippen LogP contribution in [0.15, 0.2) is 30.9 Å². The van der Waals surface area contributed by atoms with E-state index in [1.54, 1.807) is 6.07 Å². The molecule has 0 saturated carbocycles. The quantitative estimate of drug-likeness (QED) is 0.614. The fourth-order valence-electron chi connectivity index (χ4n) is 2.09. The number of carbonyl (C=O) groups excluding carboxylic acids is 1. The maximum Gasteiger partial charge on any atom is 0.330 e. The van der Waals surface area contributed by atoms with Crippen molar-refractivity contribution >= 4 is 11.7 Å². The van der Waals surface area contributed by atoms with E-state index >= 15 is 0 Å². The van der Waals surface area contributed by atoms with Gasteiger partial charge in [0, 0.05) is 42.4 Å². The summed E-state index contributed by atoms with van der Waals surface area (Å²) in [5.41, 5.74) is 1.77. The van der Waals surface area contributed by atoms with Crippen molar-refractivity contribution in [3.05, 3.63) is 36.4 Å². The van der Waals surface area contributed by atoms with E-state index in [0.717, 1.165) is 30.4 Å². The Morgan fingerprint density at radius 1 is 1.45 bits per heavy atom. The molecule has 1 atom stereocenters. The van der Waals surface area contributed by atoms with Gasteiger partial charge in [0.1, 0.15) is 5.75 Å². The van der Waals surface area contributed by atoms with Crippen LogP contribution in [0.2, 0.25) is 0 Å². The standard InChI is InChI=1S/C16H23NO3/c1-5-16(19)20-11-12(4)14-9-8-13(10-15(14)18)17(6-2)7-3/h5,8-10,12,18H,1,6-7,11H2,2-4H3. The molecule has 1 aromatic rings. The highest BCUT2D eigenvalue weighted by Gasteiger charge is 2.14. The Morgan fingerprint density at radius 3 is 2.60 bits per heavy atom. The maximum absolute atomic E-state index is 11.0. The number of aromatic hydroxyl groups is 1.